The van der Waals surface area contributed by atoms with E-state index in [2.05, 4.69) is 0 Å². The summed E-state index contributed by atoms with van der Waals surface area (Å²) in [5.74, 6) is 0. The normalized spacial score (nSPS) is 14.3. The van der Waals surface area contributed by atoms with Crippen LogP contribution in [0, 0.1) is 10.1 Å². The molecule has 0 fully saturated rings. The molecule has 12 heavy (non-hydrogen) atoms. The van der Waals surface area contributed by atoms with Crippen molar-refractivity contribution in [3.8, 4) is 0 Å². The molecule has 72 valence electrons. The summed E-state index contributed by atoms with van der Waals surface area (Å²) in [5.41, 5.74) is -2.02. The van der Waals surface area contributed by atoms with E-state index in [4.69, 9.17) is 10.2 Å². The highest BCUT2D eigenvalue weighted by Gasteiger charge is 2.43. The van der Waals surface area contributed by atoms with Crippen LogP contribution in [0.4, 0.5) is 0 Å². The molecule has 0 aliphatic carbocycles. The van der Waals surface area contributed by atoms with Crippen molar-refractivity contribution >= 4 is 0 Å². The van der Waals surface area contributed by atoms with Gasteiger partial charge in [-0.3, -0.25) is 10.1 Å². The predicted octanol–water partition coefficient (Wildman–Crippen LogP) is -1.24. The van der Waals surface area contributed by atoms with E-state index in [-0.39, 0.29) is 6.42 Å². The van der Waals surface area contributed by atoms with Gasteiger partial charge in [-0.1, -0.05) is 6.92 Å². The Hall–Kier alpha value is -0.720. The molecule has 6 nitrogen and oxygen atoms in total. The molecule has 0 bridgehead atoms. The second-order valence-corrected chi connectivity index (χ2v) is 2.63. The second kappa shape index (κ2) is 4.34. The molecular weight excluding hydrogens is 166 g/mol. The Morgan fingerprint density at radius 3 is 2.00 bits per heavy atom. The van der Waals surface area contributed by atoms with Gasteiger partial charge in [0.05, 0.1) is 13.2 Å². The highest BCUT2D eigenvalue weighted by Crippen LogP contribution is 2.15. The summed E-state index contributed by atoms with van der Waals surface area (Å²) in [6.45, 7) is -0.129. The fourth-order valence-electron chi connectivity index (χ4n) is 0.986. The first-order chi connectivity index (χ1) is 5.51. The van der Waals surface area contributed by atoms with Crippen molar-refractivity contribution in [3.05, 3.63) is 10.1 Å². The third kappa shape index (κ3) is 2.13. The van der Waals surface area contributed by atoms with Gasteiger partial charge in [-0.05, 0) is 0 Å². The lowest BCUT2D eigenvalue weighted by Gasteiger charge is -2.25. The Balaban J connectivity index is 4.54. The average Bonchev–Trinajstić information content (AvgIpc) is 2.04. The smallest absolute Gasteiger partial charge is 0.245 e. The third-order valence-electron chi connectivity index (χ3n) is 1.81. The van der Waals surface area contributed by atoms with Crippen LogP contribution >= 0.6 is 0 Å². The summed E-state index contributed by atoms with van der Waals surface area (Å²) in [4.78, 5) is 9.62. The molecule has 6 heteroatoms. The zero-order valence-corrected chi connectivity index (χ0v) is 6.80. The maximum atomic E-state index is 10.3. The summed E-state index contributed by atoms with van der Waals surface area (Å²) >= 11 is 0. The molecule has 0 aromatic rings. The fraction of sp³-hybridized carbons (Fsp3) is 1.00. The molecule has 0 rings (SSSR count). The van der Waals surface area contributed by atoms with Crippen LogP contribution in [0.2, 0.25) is 0 Å². The van der Waals surface area contributed by atoms with Crippen molar-refractivity contribution in [3.63, 3.8) is 0 Å². The van der Waals surface area contributed by atoms with E-state index in [0.29, 0.717) is 0 Å². The summed E-state index contributed by atoms with van der Waals surface area (Å²) in [7, 11) is 0. The lowest BCUT2D eigenvalue weighted by atomic mass is 9.94. The Labute approximate surface area is 69.6 Å². The summed E-state index contributed by atoms with van der Waals surface area (Å²) < 4.78 is 0. The SMILES string of the molecule is CCC([N+](=O)[O-])C(O)(CO)CO. The van der Waals surface area contributed by atoms with Gasteiger partial charge in [-0.25, -0.2) is 0 Å². The van der Waals surface area contributed by atoms with Gasteiger partial charge in [0.15, 0.2) is 5.60 Å². The van der Waals surface area contributed by atoms with Crippen LogP contribution in [0.25, 0.3) is 0 Å². The summed E-state index contributed by atoms with van der Waals surface area (Å²) in [6.07, 6.45) is 0.0601. The molecule has 1 atom stereocenters. The van der Waals surface area contributed by atoms with Crippen LogP contribution in [0.15, 0.2) is 0 Å². The van der Waals surface area contributed by atoms with E-state index in [1.165, 1.54) is 6.92 Å². The fourth-order valence-corrected chi connectivity index (χ4v) is 0.986. The van der Waals surface area contributed by atoms with Crippen molar-refractivity contribution in [2.24, 2.45) is 0 Å². The molecule has 0 aromatic carbocycles. The standard InChI is InChI=1S/C6H13NO5/c1-2-5(7(11)12)6(10,3-8)4-9/h5,8-10H,2-4H2,1H3. The van der Waals surface area contributed by atoms with Crippen LogP contribution in [-0.4, -0.2) is 45.1 Å². The monoisotopic (exact) mass is 179 g/mol. The molecular formula is C6H13NO5. The first-order valence-electron chi connectivity index (χ1n) is 3.59. The first-order valence-corrected chi connectivity index (χ1v) is 3.59. The minimum Gasteiger partial charge on any atom is -0.393 e. The maximum Gasteiger partial charge on any atom is 0.245 e. The number of aliphatic hydroxyl groups is 3. The van der Waals surface area contributed by atoms with E-state index >= 15 is 0 Å². The largest absolute Gasteiger partial charge is 0.393 e. The minimum atomic E-state index is -2.02. The molecule has 3 N–H and O–H groups in total. The lowest BCUT2D eigenvalue weighted by Crippen LogP contribution is -2.52. The number of rotatable bonds is 5. The Morgan fingerprint density at radius 2 is 1.92 bits per heavy atom. The van der Waals surface area contributed by atoms with Crippen LogP contribution in [0.3, 0.4) is 0 Å². The van der Waals surface area contributed by atoms with Gasteiger partial charge in [0.2, 0.25) is 6.04 Å². The number of aliphatic hydroxyl groups excluding tert-OH is 2. The topological polar surface area (TPSA) is 104 Å². The van der Waals surface area contributed by atoms with Crippen molar-refractivity contribution < 1.29 is 20.2 Å². The van der Waals surface area contributed by atoms with E-state index in [0.717, 1.165) is 0 Å². The maximum absolute atomic E-state index is 10.3. The highest BCUT2D eigenvalue weighted by atomic mass is 16.6. The molecule has 0 aliphatic rings. The number of nitro groups is 1. The summed E-state index contributed by atoms with van der Waals surface area (Å²) in [5, 5.41) is 36.9. The second-order valence-electron chi connectivity index (χ2n) is 2.63. The Kier molecular flexibility index (Phi) is 4.08. The predicted molar refractivity (Wildman–Crippen MR) is 40.2 cm³/mol. The van der Waals surface area contributed by atoms with E-state index in [1.54, 1.807) is 0 Å². The molecule has 0 saturated carbocycles. The number of hydrogen-bond acceptors (Lipinski definition) is 5. The molecule has 0 aromatic heterocycles. The molecule has 0 radical (unpaired) electrons. The quantitative estimate of drug-likeness (QED) is 0.361. The molecule has 1 unspecified atom stereocenters. The van der Waals surface area contributed by atoms with E-state index in [9.17, 15) is 15.2 Å². The number of nitrogens with zero attached hydrogens (tertiary/aromatic N) is 1. The zero-order valence-electron chi connectivity index (χ0n) is 6.80. The van der Waals surface area contributed by atoms with Crippen LogP contribution in [0.1, 0.15) is 13.3 Å². The Morgan fingerprint density at radius 1 is 1.50 bits per heavy atom. The van der Waals surface area contributed by atoms with Crippen molar-refractivity contribution in [2.75, 3.05) is 13.2 Å². The van der Waals surface area contributed by atoms with Crippen LogP contribution in [0.5, 0.6) is 0 Å². The van der Waals surface area contributed by atoms with Gasteiger partial charge < -0.3 is 15.3 Å². The van der Waals surface area contributed by atoms with Crippen LogP contribution in [-0.2, 0) is 0 Å². The van der Waals surface area contributed by atoms with Gasteiger partial charge in [-0.2, -0.15) is 0 Å². The highest BCUT2D eigenvalue weighted by molar-refractivity contribution is 4.84. The minimum absolute atomic E-state index is 0.0601. The molecule has 0 spiro atoms. The molecule has 0 saturated heterocycles. The van der Waals surface area contributed by atoms with Gasteiger partial charge in [0.1, 0.15) is 0 Å². The Bertz CT molecular complexity index is 156. The van der Waals surface area contributed by atoms with Crippen molar-refractivity contribution in [1.29, 1.82) is 0 Å². The van der Waals surface area contributed by atoms with Gasteiger partial charge in [0, 0.05) is 11.3 Å². The van der Waals surface area contributed by atoms with E-state index in [1.807, 2.05) is 0 Å². The van der Waals surface area contributed by atoms with Gasteiger partial charge in [0.25, 0.3) is 0 Å². The van der Waals surface area contributed by atoms with Crippen molar-refractivity contribution in [2.45, 2.75) is 25.0 Å². The molecule has 0 aliphatic heterocycles. The molecule has 0 amide bonds. The van der Waals surface area contributed by atoms with Gasteiger partial charge in [-0.15, -0.1) is 0 Å². The van der Waals surface area contributed by atoms with Crippen molar-refractivity contribution in [1.82, 2.24) is 0 Å². The third-order valence-corrected chi connectivity index (χ3v) is 1.81. The van der Waals surface area contributed by atoms with Crippen LogP contribution < -0.4 is 0 Å². The first kappa shape index (κ1) is 11.3. The summed E-state index contributed by atoms with van der Waals surface area (Å²) in [6, 6.07) is -1.33. The number of hydrogen-bond donors (Lipinski definition) is 3. The van der Waals surface area contributed by atoms with E-state index < -0.39 is 29.8 Å². The zero-order chi connectivity index (χ0) is 9.78. The average molecular weight is 179 g/mol. The van der Waals surface area contributed by atoms with Gasteiger partial charge >= 0.3 is 0 Å². The lowest BCUT2D eigenvalue weighted by molar-refractivity contribution is -0.548. The molecule has 0 heterocycles.